The average Bonchev–Trinajstić information content (AvgIpc) is 2.70. The molecule has 0 atom stereocenters. The molecule has 1 fully saturated rings. The third-order valence-electron chi connectivity index (χ3n) is 2.63. The van der Waals surface area contributed by atoms with Crippen molar-refractivity contribution in [2.75, 3.05) is 18.0 Å². The van der Waals surface area contributed by atoms with Crippen molar-refractivity contribution in [1.82, 2.24) is 0 Å². The van der Waals surface area contributed by atoms with Crippen molar-refractivity contribution < 1.29 is 0 Å². The van der Waals surface area contributed by atoms with Gasteiger partial charge in [-0.15, -0.1) is 0 Å². The Morgan fingerprint density at radius 2 is 2.00 bits per heavy atom. The van der Waals surface area contributed by atoms with Crippen LogP contribution in [0, 0.1) is 0 Å². The van der Waals surface area contributed by atoms with Gasteiger partial charge in [-0.1, -0.05) is 27.5 Å². The summed E-state index contributed by atoms with van der Waals surface area (Å²) in [6, 6.07) is 6.15. The van der Waals surface area contributed by atoms with Gasteiger partial charge in [-0.25, -0.2) is 0 Å². The molecule has 2 rings (SSSR count). The van der Waals surface area contributed by atoms with Gasteiger partial charge in [0, 0.05) is 29.1 Å². The minimum atomic E-state index is 0.822. The molecule has 0 aliphatic carbocycles. The summed E-state index contributed by atoms with van der Waals surface area (Å²) in [6.45, 7) is 2.36. The first kappa shape index (κ1) is 10.3. The monoisotopic (exact) mass is 273 g/mol. The molecular formula is C11H13BrClN. The fraction of sp³-hybridized carbons (Fsp3) is 0.455. The van der Waals surface area contributed by atoms with Crippen LogP contribution in [0.3, 0.4) is 0 Å². The molecule has 1 nitrogen and oxygen atoms in total. The average molecular weight is 275 g/mol. The van der Waals surface area contributed by atoms with Gasteiger partial charge in [0.2, 0.25) is 0 Å². The summed E-state index contributed by atoms with van der Waals surface area (Å²) in [4.78, 5) is 2.44. The van der Waals surface area contributed by atoms with E-state index in [-0.39, 0.29) is 0 Å². The molecule has 1 heterocycles. The van der Waals surface area contributed by atoms with E-state index in [0.29, 0.717) is 0 Å². The number of nitrogens with zero attached hydrogens (tertiary/aromatic N) is 1. The van der Waals surface area contributed by atoms with Gasteiger partial charge in [0.25, 0.3) is 0 Å². The number of benzene rings is 1. The first-order valence-corrected chi connectivity index (χ1v) is 6.40. The standard InChI is InChI=1S/C11H13BrClN/c12-8-9-7-10(13)3-4-11(9)14-5-1-2-6-14/h3-4,7H,1-2,5-6,8H2. The molecule has 0 spiro atoms. The lowest BCUT2D eigenvalue weighted by atomic mass is 10.2. The molecule has 3 heteroatoms. The molecule has 1 aliphatic heterocycles. The van der Waals surface area contributed by atoms with E-state index in [2.05, 4.69) is 26.9 Å². The van der Waals surface area contributed by atoms with Crippen LogP contribution in [-0.2, 0) is 5.33 Å². The van der Waals surface area contributed by atoms with Crippen LogP contribution < -0.4 is 4.90 Å². The molecule has 0 radical (unpaired) electrons. The Morgan fingerprint density at radius 1 is 1.29 bits per heavy atom. The molecule has 0 amide bonds. The van der Waals surface area contributed by atoms with Gasteiger partial charge in [-0.3, -0.25) is 0 Å². The van der Waals surface area contributed by atoms with E-state index in [4.69, 9.17) is 11.6 Å². The number of hydrogen-bond acceptors (Lipinski definition) is 1. The maximum absolute atomic E-state index is 5.96. The van der Waals surface area contributed by atoms with Crippen molar-refractivity contribution in [3.8, 4) is 0 Å². The maximum atomic E-state index is 5.96. The Morgan fingerprint density at radius 3 is 2.64 bits per heavy atom. The summed E-state index contributed by atoms with van der Waals surface area (Å²) < 4.78 is 0. The van der Waals surface area contributed by atoms with Crippen LogP contribution in [0.4, 0.5) is 5.69 Å². The van der Waals surface area contributed by atoms with E-state index in [0.717, 1.165) is 10.4 Å². The van der Waals surface area contributed by atoms with E-state index in [1.54, 1.807) is 0 Å². The minimum absolute atomic E-state index is 0.822. The zero-order valence-electron chi connectivity index (χ0n) is 7.97. The van der Waals surface area contributed by atoms with Crippen LogP contribution in [0.2, 0.25) is 5.02 Å². The fourth-order valence-electron chi connectivity index (χ4n) is 1.93. The quantitative estimate of drug-likeness (QED) is 0.741. The maximum Gasteiger partial charge on any atom is 0.0410 e. The second-order valence-electron chi connectivity index (χ2n) is 3.60. The summed E-state index contributed by atoms with van der Waals surface area (Å²) in [7, 11) is 0. The molecule has 0 bridgehead atoms. The van der Waals surface area contributed by atoms with E-state index in [1.807, 2.05) is 12.1 Å². The van der Waals surface area contributed by atoms with E-state index in [9.17, 15) is 0 Å². The normalized spacial score (nSPS) is 16.3. The molecule has 1 aromatic carbocycles. The van der Waals surface area contributed by atoms with Gasteiger partial charge in [0.15, 0.2) is 0 Å². The van der Waals surface area contributed by atoms with Gasteiger partial charge in [0.05, 0.1) is 0 Å². The summed E-state index contributed by atoms with van der Waals surface area (Å²) in [5, 5.41) is 1.70. The third kappa shape index (κ3) is 2.06. The second kappa shape index (κ2) is 4.54. The molecule has 1 aliphatic rings. The SMILES string of the molecule is Clc1ccc(N2CCCC2)c(CBr)c1. The molecule has 0 unspecified atom stereocenters. The molecule has 14 heavy (non-hydrogen) atoms. The lowest BCUT2D eigenvalue weighted by molar-refractivity contribution is 0.949. The first-order chi connectivity index (χ1) is 6.81. The molecule has 0 aromatic heterocycles. The van der Waals surface area contributed by atoms with Crippen molar-refractivity contribution >= 4 is 33.2 Å². The number of anilines is 1. The summed E-state index contributed by atoms with van der Waals surface area (Å²) in [6.07, 6.45) is 2.62. The molecular weight excluding hydrogens is 261 g/mol. The van der Waals surface area contributed by atoms with Crippen LogP contribution in [0.5, 0.6) is 0 Å². The van der Waals surface area contributed by atoms with Crippen LogP contribution >= 0.6 is 27.5 Å². The van der Waals surface area contributed by atoms with Crippen LogP contribution in [0.25, 0.3) is 0 Å². The fourth-order valence-corrected chi connectivity index (χ4v) is 2.57. The van der Waals surface area contributed by atoms with E-state index < -0.39 is 0 Å². The minimum Gasteiger partial charge on any atom is -0.371 e. The Hall–Kier alpha value is -0.210. The van der Waals surface area contributed by atoms with Crippen LogP contribution in [-0.4, -0.2) is 13.1 Å². The third-order valence-corrected chi connectivity index (χ3v) is 3.47. The number of hydrogen-bond donors (Lipinski definition) is 0. The lowest BCUT2D eigenvalue weighted by Gasteiger charge is -2.20. The highest BCUT2D eigenvalue weighted by Gasteiger charge is 2.15. The van der Waals surface area contributed by atoms with Gasteiger partial charge in [-0.2, -0.15) is 0 Å². The highest BCUT2D eigenvalue weighted by atomic mass is 79.9. The largest absolute Gasteiger partial charge is 0.371 e. The Balaban J connectivity index is 2.31. The number of alkyl halides is 1. The zero-order chi connectivity index (χ0) is 9.97. The highest BCUT2D eigenvalue weighted by molar-refractivity contribution is 9.08. The number of rotatable bonds is 2. The van der Waals surface area contributed by atoms with Gasteiger partial charge in [0.1, 0.15) is 0 Å². The number of halogens is 2. The van der Waals surface area contributed by atoms with Crippen molar-refractivity contribution in [3.05, 3.63) is 28.8 Å². The Bertz CT molecular complexity index is 321. The van der Waals surface area contributed by atoms with Crippen LogP contribution in [0.15, 0.2) is 18.2 Å². The molecule has 76 valence electrons. The summed E-state index contributed by atoms with van der Waals surface area (Å²) in [5.41, 5.74) is 2.63. The van der Waals surface area contributed by atoms with Crippen molar-refractivity contribution in [2.45, 2.75) is 18.2 Å². The molecule has 1 saturated heterocycles. The Kier molecular flexibility index (Phi) is 3.34. The predicted molar refractivity (Wildman–Crippen MR) is 65.5 cm³/mol. The van der Waals surface area contributed by atoms with Gasteiger partial charge >= 0.3 is 0 Å². The van der Waals surface area contributed by atoms with Crippen molar-refractivity contribution in [1.29, 1.82) is 0 Å². The molecule has 0 saturated carbocycles. The zero-order valence-corrected chi connectivity index (χ0v) is 10.3. The molecule has 1 aromatic rings. The predicted octanol–water partition coefficient (Wildman–Crippen LogP) is 3.84. The first-order valence-electron chi connectivity index (χ1n) is 4.90. The topological polar surface area (TPSA) is 3.24 Å². The summed E-state index contributed by atoms with van der Waals surface area (Å²) in [5.74, 6) is 0. The Labute approximate surface area is 98.2 Å². The second-order valence-corrected chi connectivity index (χ2v) is 4.60. The van der Waals surface area contributed by atoms with Crippen molar-refractivity contribution in [3.63, 3.8) is 0 Å². The van der Waals surface area contributed by atoms with Gasteiger partial charge < -0.3 is 4.90 Å². The van der Waals surface area contributed by atoms with E-state index >= 15 is 0 Å². The van der Waals surface area contributed by atoms with Crippen LogP contribution in [0.1, 0.15) is 18.4 Å². The lowest BCUT2D eigenvalue weighted by Crippen LogP contribution is -2.18. The summed E-state index contributed by atoms with van der Waals surface area (Å²) >= 11 is 9.47. The van der Waals surface area contributed by atoms with Gasteiger partial charge in [-0.05, 0) is 36.6 Å². The molecule has 0 N–H and O–H groups in total. The van der Waals surface area contributed by atoms with E-state index in [1.165, 1.54) is 37.2 Å². The highest BCUT2D eigenvalue weighted by Crippen LogP contribution is 2.28. The van der Waals surface area contributed by atoms with Crippen molar-refractivity contribution in [2.24, 2.45) is 0 Å². The smallest absolute Gasteiger partial charge is 0.0410 e.